The molecular formula is C14H19NO3. The Morgan fingerprint density at radius 3 is 2.78 bits per heavy atom. The van der Waals surface area contributed by atoms with Crippen LogP contribution in [0, 0.1) is 0 Å². The lowest BCUT2D eigenvalue weighted by molar-refractivity contribution is -0.109. The van der Waals surface area contributed by atoms with Crippen molar-refractivity contribution in [3.05, 3.63) is 23.3 Å². The van der Waals surface area contributed by atoms with Crippen LogP contribution in [0.25, 0.3) is 0 Å². The van der Waals surface area contributed by atoms with E-state index in [-0.39, 0.29) is 0 Å². The lowest BCUT2D eigenvalue weighted by atomic mass is 9.99. The summed E-state index contributed by atoms with van der Waals surface area (Å²) < 4.78 is 10.9. The molecule has 0 fully saturated rings. The van der Waals surface area contributed by atoms with Gasteiger partial charge >= 0.3 is 0 Å². The summed E-state index contributed by atoms with van der Waals surface area (Å²) in [5, 5.41) is 0. The summed E-state index contributed by atoms with van der Waals surface area (Å²) in [4.78, 5) is 12.7. The smallest absolute Gasteiger partial charge is 0.161 e. The topological polar surface area (TPSA) is 38.8 Å². The Morgan fingerprint density at radius 2 is 2.11 bits per heavy atom. The van der Waals surface area contributed by atoms with Crippen molar-refractivity contribution < 1.29 is 14.3 Å². The van der Waals surface area contributed by atoms with Gasteiger partial charge in [0.1, 0.15) is 6.29 Å². The van der Waals surface area contributed by atoms with Crippen molar-refractivity contribution in [2.45, 2.75) is 19.9 Å². The van der Waals surface area contributed by atoms with Gasteiger partial charge in [-0.3, -0.25) is 4.90 Å². The Hall–Kier alpha value is -1.55. The molecule has 0 unspecified atom stereocenters. The molecule has 0 N–H and O–H groups in total. The minimum atomic E-state index is 0.495. The van der Waals surface area contributed by atoms with E-state index in [9.17, 15) is 4.79 Å². The SMILES string of the molecule is CCOc1cc2c(cc1OC)CCN(CC=O)C2. The van der Waals surface area contributed by atoms with E-state index in [0.717, 1.165) is 37.3 Å². The summed E-state index contributed by atoms with van der Waals surface area (Å²) in [5.74, 6) is 1.58. The fourth-order valence-electron chi connectivity index (χ4n) is 2.31. The Morgan fingerprint density at radius 1 is 1.33 bits per heavy atom. The summed E-state index contributed by atoms with van der Waals surface area (Å²) in [6, 6.07) is 4.09. The molecule has 0 atom stereocenters. The predicted octanol–water partition coefficient (Wildman–Crippen LogP) is 1.65. The second-order valence-electron chi connectivity index (χ2n) is 4.36. The number of carbonyl (C=O) groups is 1. The van der Waals surface area contributed by atoms with Crippen LogP contribution in [0.1, 0.15) is 18.1 Å². The average molecular weight is 249 g/mol. The third-order valence-corrected chi connectivity index (χ3v) is 3.21. The third kappa shape index (κ3) is 2.64. The third-order valence-electron chi connectivity index (χ3n) is 3.21. The summed E-state index contributed by atoms with van der Waals surface area (Å²) in [7, 11) is 1.66. The molecule has 1 aliphatic heterocycles. The highest BCUT2D eigenvalue weighted by atomic mass is 16.5. The molecule has 18 heavy (non-hydrogen) atoms. The Labute approximate surface area is 107 Å². The van der Waals surface area contributed by atoms with Gasteiger partial charge in [0.2, 0.25) is 0 Å². The first-order valence-electron chi connectivity index (χ1n) is 6.27. The number of hydrogen-bond acceptors (Lipinski definition) is 4. The maximum atomic E-state index is 10.6. The standard InChI is InChI=1S/C14H19NO3/c1-3-18-14-9-12-10-15(6-7-16)5-4-11(12)8-13(14)17-2/h7-9H,3-6,10H2,1-2H3. The van der Waals surface area contributed by atoms with Crippen molar-refractivity contribution >= 4 is 6.29 Å². The molecule has 0 radical (unpaired) electrons. The number of benzene rings is 1. The van der Waals surface area contributed by atoms with Crippen molar-refractivity contribution in [2.24, 2.45) is 0 Å². The number of rotatable bonds is 5. The fraction of sp³-hybridized carbons (Fsp3) is 0.500. The molecule has 98 valence electrons. The maximum absolute atomic E-state index is 10.6. The number of hydrogen-bond donors (Lipinski definition) is 0. The zero-order valence-corrected chi connectivity index (χ0v) is 10.9. The van der Waals surface area contributed by atoms with E-state index in [1.54, 1.807) is 7.11 Å². The van der Waals surface area contributed by atoms with E-state index in [1.165, 1.54) is 11.1 Å². The molecule has 0 saturated carbocycles. The van der Waals surface area contributed by atoms with Gasteiger partial charge in [-0.25, -0.2) is 0 Å². The van der Waals surface area contributed by atoms with E-state index in [0.29, 0.717) is 13.2 Å². The van der Waals surface area contributed by atoms with E-state index >= 15 is 0 Å². The first kappa shape index (κ1) is 12.9. The number of carbonyl (C=O) groups excluding carboxylic acids is 1. The molecule has 1 aromatic rings. The lowest BCUT2D eigenvalue weighted by Gasteiger charge is -2.28. The van der Waals surface area contributed by atoms with Gasteiger partial charge in [0.05, 0.1) is 20.3 Å². The van der Waals surface area contributed by atoms with Crippen LogP contribution in [0.3, 0.4) is 0 Å². The first-order chi connectivity index (χ1) is 8.78. The molecular weight excluding hydrogens is 230 g/mol. The van der Waals surface area contributed by atoms with E-state index in [4.69, 9.17) is 9.47 Å². The molecule has 0 saturated heterocycles. The first-order valence-corrected chi connectivity index (χ1v) is 6.27. The molecule has 0 aromatic heterocycles. The van der Waals surface area contributed by atoms with Gasteiger partial charge in [0.15, 0.2) is 11.5 Å². The van der Waals surface area contributed by atoms with Crippen molar-refractivity contribution in [1.82, 2.24) is 4.90 Å². The van der Waals surface area contributed by atoms with Gasteiger partial charge < -0.3 is 14.3 Å². The van der Waals surface area contributed by atoms with Crippen molar-refractivity contribution in [1.29, 1.82) is 0 Å². The molecule has 4 nitrogen and oxygen atoms in total. The van der Waals surface area contributed by atoms with Gasteiger partial charge in [0.25, 0.3) is 0 Å². The van der Waals surface area contributed by atoms with E-state index in [1.807, 2.05) is 13.0 Å². The highest BCUT2D eigenvalue weighted by Crippen LogP contribution is 2.33. The Bertz CT molecular complexity index is 431. The zero-order chi connectivity index (χ0) is 13.0. The fourth-order valence-corrected chi connectivity index (χ4v) is 2.31. The molecule has 0 aliphatic carbocycles. The van der Waals surface area contributed by atoms with Crippen LogP contribution < -0.4 is 9.47 Å². The summed E-state index contributed by atoms with van der Waals surface area (Å²) in [5.41, 5.74) is 2.52. The van der Waals surface area contributed by atoms with Crippen LogP contribution >= 0.6 is 0 Å². The molecule has 0 spiro atoms. The minimum absolute atomic E-state index is 0.495. The average Bonchev–Trinajstić information content (AvgIpc) is 2.38. The minimum Gasteiger partial charge on any atom is -0.493 e. The van der Waals surface area contributed by atoms with Crippen molar-refractivity contribution in [3.8, 4) is 11.5 Å². The van der Waals surface area contributed by atoms with Gasteiger partial charge in [-0.2, -0.15) is 0 Å². The largest absolute Gasteiger partial charge is 0.493 e. The van der Waals surface area contributed by atoms with Gasteiger partial charge in [-0.1, -0.05) is 0 Å². The molecule has 2 rings (SSSR count). The monoisotopic (exact) mass is 249 g/mol. The molecule has 0 bridgehead atoms. The number of methoxy groups -OCH3 is 1. The maximum Gasteiger partial charge on any atom is 0.161 e. The predicted molar refractivity (Wildman–Crippen MR) is 69.2 cm³/mol. The van der Waals surface area contributed by atoms with E-state index in [2.05, 4.69) is 11.0 Å². The van der Waals surface area contributed by atoms with Crippen LogP contribution in [-0.2, 0) is 17.8 Å². The number of ether oxygens (including phenoxy) is 2. The molecule has 1 aromatic carbocycles. The van der Waals surface area contributed by atoms with Gasteiger partial charge in [-0.05, 0) is 36.6 Å². The quantitative estimate of drug-likeness (QED) is 0.744. The summed E-state index contributed by atoms with van der Waals surface area (Å²) in [6.45, 7) is 4.79. The Kier molecular flexibility index (Phi) is 4.20. The molecule has 1 heterocycles. The highest BCUT2D eigenvalue weighted by molar-refractivity contribution is 5.53. The summed E-state index contributed by atoms with van der Waals surface area (Å²) in [6.07, 6.45) is 1.91. The van der Waals surface area contributed by atoms with Crippen LogP contribution in [-0.4, -0.2) is 38.0 Å². The lowest BCUT2D eigenvalue weighted by Crippen LogP contribution is -2.31. The van der Waals surface area contributed by atoms with E-state index < -0.39 is 0 Å². The van der Waals surface area contributed by atoms with Gasteiger partial charge in [0, 0.05) is 13.1 Å². The van der Waals surface area contributed by atoms with Crippen LogP contribution in [0.2, 0.25) is 0 Å². The normalized spacial score (nSPS) is 15.0. The number of aldehydes is 1. The zero-order valence-electron chi connectivity index (χ0n) is 10.9. The molecule has 1 aliphatic rings. The highest BCUT2D eigenvalue weighted by Gasteiger charge is 2.19. The second-order valence-corrected chi connectivity index (χ2v) is 4.36. The van der Waals surface area contributed by atoms with Crippen molar-refractivity contribution in [2.75, 3.05) is 26.8 Å². The van der Waals surface area contributed by atoms with Crippen LogP contribution in [0.5, 0.6) is 11.5 Å². The second kappa shape index (κ2) is 5.87. The van der Waals surface area contributed by atoms with Crippen LogP contribution in [0.4, 0.5) is 0 Å². The molecule has 4 heteroatoms. The number of fused-ring (bicyclic) bond motifs is 1. The Balaban J connectivity index is 2.26. The molecule has 0 amide bonds. The summed E-state index contributed by atoms with van der Waals surface area (Å²) >= 11 is 0. The van der Waals surface area contributed by atoms with Crippen molar-refractivity contribution in [3.63, 3.8) is 0 Å². The van der Waals surface area contributed by atoms with Gasteiger partial charge in [-0.15, -0.1) is 0 Å². The van der Waals surface area contributed by atoms with Crippen LogP contribution in [0.15, 0.2) is 12.1 Å². The number of nitrogens with zero attached hydrogens (tertiary/aromatic N) is 1.